The molecule has 3 aromatic carbocycles. The number of rotatable bonds is 5. The summed E-state index contributed by atoms with van der Waals surface area (Å²) >= 11 is 0. The van der Waals surface area contributed by atoms with Gasteiger partial charge in [0.2, 0.25) is 5.91 Å². The van der Waals surface area contributed by atoms with E-state index >= 15 is 0 Å². The molecule has 4 rings (SSSR count). The number of nitrogens with zero attached hydrogens (tertiary/aromatic N) is 2. The number of likely N-dealkylation sites (N-methyl/N-ethyl adjacent to an activating group) is 1. The Balaban J connectivity index is 1.56. The molecule has 0 unspecified atom stereocenters. The number of fused-ring (bicyclic) bond motifs is 1. The second-order valence-electron chi connectivity index (χ2n) is 7.75. The smallest absolute Gasteiger partial charge is 0.258 e. The molecule has 160 valence electrons. The van der Waals surface area contributed by atoms with Gasteiger partial charge in [0.25, 0.3) is 5.91 Å². The first-order valence-electron chi connectivity index (χ1n) is 10.6. The van der Waals surface area contributed by atoms with Crippen LogP contribution in [0.15, 0.2) is 72.8 Å². The lowest BCUT2D eigenvalue weighted by Crippen LogP contribution is -2.39. The minimum Gasteiger partial charge on any atom is -0.367 e. The summed E-state index contributed by atoms with van der Waals surface area (Å²) in [5, 5.41) is 2.58. The van der Waals surface area contributed by atoms with Crippen LogP contribution in [0.1, 0.15) is 27.0 Å². The Morgan fingerprint density at radius 3 is 2.50 bits per heavy atom. The number of benzene rings is 3. The SMILES string of the molecule is C#Cc1cccc(N(CC(=O)NC)C(=O)c2ccc(N3CCc4ccccc4C3)cc2)c1. The summed E-state index contributed by atoms with van der Waals surface area (Å²) < 4.78 is 0. The maximum Gasteiger partial charge on any atom is 0.258 e. The minimum absolute atomic E-state index is 0.0893. The van der Waals surface area contributed by atoms with Crippen molar-refractivity contribution in [1.29, 1.82) is 0 Å². The third-order valence-corrected chi connectivity index (χ3v) is 5.76. The molecular weight excluding hydrogens is 398 g/mol. The Hall–Kier alpha value is -4.04. The van der Waals surface area contributed by atoms with Crippen molar-refractivity contribution >= 4 is 23.2 Å². The lowest BCUT2D eigenvalue weighted by Gasteiger charge is -2.31. The number of nitrogens with one attached hydrogen (secondary N) is 1. The predicted molar refractivity (Wildman–Crippen MR) is 128 cm³/mol. The summed E-state index contributed by atoms with van der Waals surface area (Å²) in [5.74, 6) is 2.07. The molecule has 1 aliphatic rings. The normalized spacial score (nSPS) is 12.4. The number of amides is 2. The van der Waals surface area contributed by atoms with Crippen LogP contribution in [0.4, 0.5) is 11.4 Å². The number of terminal acetylenes is 1. The molecule has 2 amide bonds. The van der Waals surface area contributed by atoms with Crippen LogP contribution in [0.5, 0.6) is 0 Å². The van der Waals surface area contributed by atoms with E-state index in [1.54, 1.807) is 31.3 Å². The third-order valence-electron chi connectivity index (χ3n) is 5.76. The maximum atomic E-state index is 13.3. The Labute approximate surface area is 188 Å². The molecule has 0 saturated heterocycles. The Morgan fingerprint density at radius 1 is 1.03 bits per heavy atom. The molecule has 1 N–H and O–H groups in total. The van der Waals surface area contributed by atoms with Crippen LogP contribution in [0.2, 0.25) is 0 Å². The zero-order chi connectivity index (χ0) is 22.5. The van der Waals surface area contributed by atoms with E-state index in [4.69, 9.17) is 6.42 Å². The Morgan fingerprint density at radius 2 is 1.78 bits per heavy atom. The van der Waals surface area contributed by atoms with E-state index in [1.807, 2.05) is 24.3 Å². The molecule has 0 atom stereocenters. The van der Waals surface area contributed by atoms with Gasteiger partial charge in [0.05, 0.1) is 0 Å². The van der Waals surface area contributed by atoms with Gasteiger partial charge in [-0.1, -0.05) is 36.3 Å². The fourth-order valence-electron chi connectivity index (χ4n) is 3.95. The van der Waals surface area contributed by atoms with E-state index in [0.717, 1.165) is 25.2 Å². The Kier molecular flexibility index (Phi) is 6.23. The fourth-order valence-corrected chi connectivity index (χ4v) is 3.95. The summed E-state index contributed by atoms with van der Waals surface area (Å²) in [4.78, 5) is 29.2. The van der Waals surface area contributed by atoms with Crippen LogP contribution < -0.4 is 15.1 Å². The van der Waals surface area contributed by atoms with Gasteiger partial charge >= 0.3 is 0 Å². The van der Waals surface area contributed by atoms with Crippen molar-refractivity contribution in [2.45, 2.75) is 13.0 Å². The van der Waals surface area contributed by atoms with Gasteiger partial charge in [0, 0.05) is 42.6 Å². The maximum absolute atomic E-state index is 13.3. The van der Waals surface area contributed by atoms with Crippen LogP contribution >= 0.6 is 0 Å². The van der Waals surface area contributed by atoms with Crippen LogP contribution in [0.25, 0.3) is 0 Å². The van der Waals surface area contributed by atoms with Gasteiger partial charge in [0.15, 0.2) is 0 Å². The molecule has 3 aromatic rings. The lowest BCUT2D eigenvalue weighted by atomic mass is 9.99. The highest BCUT2D eigenvalue weighted by Gasteiger charge is 2.22. The number of carbonyl (C=O) groups excluding carboxylic acids is 2. The number of hydrogen-bond donors (Lipinski definition) is 1. The van der Waals surface area contributed by atoms with Gasteiger partial charge in [-0.25, -0.2) is 0 Å². The quantitative estimate of drug-likeness (QED) is 0.638. The van der Waals surface area contributed by atoms with Crippen molar-refractivity contribution < 1.29 is 9.59 Å². The van der Waals surface area contributed by atoms with E-state index in [9.17, 15) is 9.59 Å². The van der Waals surface area contributed by atoms with Gasteiger partial charge in [-0.3, -0.25) is 14.5 Å². The molecule has 1 aliphatic heterocycles. The van der Waals surface area contributed by atoms with Crippen LogP contribution in [0.3, 0.4) is 0 Å². The topological polar surface area (TPSA) is 52.7 Å². The molecule has 0 saturated carbocycles. The van der Waals surface area contributed by atoms with Crippen molar-refractivity contribution in [3.05, 3.63) is 95.1 Å². The molecule has 0 aliphatic carbocycles. The fraction of sp³-hybridized carbons (Fsp3) is 0.185. The first-order chi connectivity index (χ1) is 15.6. The van der Waals surface area contributed by atoms with Gasteiger partial charge in [-0.05, 0) is 60.0 Å². The number of anilines is 2. The standard InChI is InChI=1S/C27H25N3O2/c1-3-20-7-6-10-25(17-20)30(19-26(31)28-2)27(32)22-11-13-24(14-12-22)29-16-15-21-8-4-5-9-23(21)18-29/h1,4-14,17H,15-16,18-19H2,2H3,(H,28,31). The molecule has 5 heteroatoms. The van der Waals surface area contributed by atoms with Crippen LogP contribution in [0, 0.1) is 12.3 Å². The van der Waals surface area contributed by atoms with Gasteiger partial charge < -0.3 is 10.2 Å². The van der Waals surface area contributed by atoms with Crippen LogP contribution in [-0.2, 0) is 17.8 Å². The second kappa shape index (κ2) is 9.40. The average Bonchev–Trinajstić information content (AvgIpc) is 2.86. The largest absolute Gasteiger partial charge is 0.367 e. The molecule has 32 heavy (non-hydrogen) atoms. The summed E-state index contributed by atoms with van der Waals surface area (Å²) in [6.45, 7) is 1.70. The van der Waals surface area contributed by atoms with E-state index in [-0.39, 0.29) is 18.4 Å². The third kappa shape index (κ3) is 4.50. The molecular formula is C27H25N3O2. The zero-order valence-electron chi connectivity index (χ0n) is 18.0. The van der Waals surface area contributed by atoms with Crippen molar-refractivity contribution in [1.82, 2.24) is 5.32 Å². The summed E-state index contributed by atoms with van der Waals surface area (Å²) in [6.07, 6.45) is 6.52. The molecule has 5 nitrogen and oxygen atoms in total. The first-order valence-corrected chi connectivity index (χ1v) is 10.6. The molecule has 1 heterocycles. The first kappa shape index (κ1) is 21.2. The number of carbonyl (C=O) groups is 2. The van der Waals surface area contributed by atoms with E-state index in [0.29, 0.717) is 16.8 Å². The minimum atomic E-state index is -0.256. The van der Waals surface area contributed by atoms with Gasteiger partial charge in [-0.2, -0.15) is 0 Å². The average molecular weight is 424 g/mol. The molecule has 0 bridgehead atoms. The van der Waals surface area contributed by atoms with Crippen molar-refractivity contribution in [2.75, 3.05) is 29.9 Å². The van der Waals surface area contributed by atoms with Crippen LogP contribution in [-0.4, -0.2) is 32.0 Å². The molecule has 0 fully saturated rings. The lowest BCUT2D eigenvalue weighted by molar-refractivity contribution is -0.119. The summed E-state index contributed by atoms with van der Waals surface area (Å²) in [6, 6.07) is 23.2. The zero-order valence-corrected chi connectivity index (χ0v) is 18.0. The van der Waals surface area contributed by atoms with E-state index in [1.165, 1.54) is 16.0 Å². The monoisotopic (exact) mass is 423 g/mol. The molecule has 0 spiro atoms. The highest BCUT2D eigenvalue weighted by Crippen LogP contribution is 2.26. The van der Waals surface area contributed by atoms with Crippen molar-refractivity contribution in [2.24, 2.45) is 0 Å². The molecule has 0 aromatic heterocycles. The van der Waals surface area contributed by atoms with Gasteiger partial charge in [0.1, 0.15) is 6.54 Å². The van der Waals surface area contributed by atoms with Crippen molar-refractivity contribution in [3.63, 3.8) is 0 Å². The molecule has 0 radical (unpaired) electrons. The summed E-state index contributed by atoms with van der Waals surface area (Å²) in [5.41, 5.74) is 5.56. The second-order valence-corrected chi connectivity index (χ2v) is 7.75. The van der Waals surface area contributed by atoms with Crippen molar-refractivity contribution in [3.8, 4) is 12.3 Å². The predicted octanol–water partition coefficient (Wildman–Crippen LogP) is 3.62. The van der Waals surface area contributed by atoms with Gasteiger partial charge in [-0.15, -0.1) is 6.42 Å². The summed E-state index contributed by atoms with van der Waals surface area (Å²) in [7, 11) is 1.55. The highest BCUT2D eigenvalue weighted by molar-refractivity contribution is 6.09. The Bertz CT molecular complexity index is 1180. The number of hydrogen-bond acceptors (Lipinski definition) is 3. The van der Waals surface area contributed by atoms with E-state index in [2.05, 4.69) is 40.4 Å². The van der Waals surface area contributed by atoms with E-state index < -0.39 is 0 Å². The highest BCUT2D eigenvalue weighted by atomic mass is 16.2.